The Bertz CT molecular complexity index is 1100. The molecule has 0 bridgehead atoms. The van der Waals surface area contributed by atoms with Crippen molar-refractivity contribution >= 4 is 29.1 Å². The number of hydrogen-bond acceptors (Lipinski definition) is 9. The fraction of sp³-hybridized carbons (Fsp3) is 0.318. The molecule has 0 saturated carbocycles. The molecule has 11 nitrogen and oxygen atoms in total. The average molecular weight is 453 g/mol. The smallest absolute Gasteiger partial charge is 0.263 e. The first-order valence-electron chi connectivity index (χ1n) is 10.3. The molecule has 1 saturated heterocycles. The Morgan fingerprint density at radius 1 is 1.03 bits per heavy atom. The SMILES string of the molecule is CCOc1ccc(NC(=O)CN2N=N[C@@H]3C(=O)N(c4ccc(OC)c(OC)c4)C(=O)[C@@H]32)cc1. The molecule has 4 rings (SSSR count). The van der Waals surface area contributed by atoms with Gasteiger partial charge in [0.05, 0.1) is 26.5 Å². The van der Waals surface area contributed by atoms with Crippen molar-refractivity contribution < 1.29 is 28.6 Å². The lowest BCUT2D eigenvalue weighted by Gasteiger charge is -2.20. The van der Waals surface area contributed by atoms with Gasteiger partial charge in [-0.3, -0.25) is 19.4 Å². The average Bonchev–Trinajstić information content (AvgIpc) is 3.34. The van der Waals surface area contributed by atoms with Gasteiger partial charge in [-0.25, -0.2) is 4.90 Å². The van der Waals surface area contributed by atoms with Crippen LogP contribution in [0.2, 0.25) is 0 Å². The first-order valence-corrected chi connectivity index (χ1v) is 10.3. The standard InChI is InChI=1S/C22H23N5O6/c1-4-33-15-8-5-13(6-9-15)23-18(28)12-26-20-19(24-25-26)21(29)27(22(20)30)14-7-10-16(31-2)17(11-14)32-3/h5-11,19-20H,4,12H2,1-3H3,(H,23,28)/t19-,20+/m0/s1. The van der Waals surface area contributed by atoms with Gasteiger partial charge in [0.1, 0.15) is 12.3 Å². The van der Waals surface area contributed by atoms with Crippen LogP contribution in [0.4, 0.5) is 11.4 Å². The summed E-state index contributed by atoms with van der Waals surface area (Å²) in [4.78, 5) is 39.6. The molecule has 0 aliphatic carbocycles. The molecular formula is C22H23N5O6. The summed E-state index contributed by atoms with van der Waals surface area (Å²) in [7, 11) is 2.95. The van der Waals surface area contributed by atoms with Crippen molar-refractivity contribution in [1.29, 1.82) is 0 Å². The lowest BCUT2D eigenvalue weighted by atomic mass is 10.1. The van der Waals surface area contributed by atoms with E-state index in [1.54, 1.807) is 36.4 Å². The van der Waals surface area contributed by atoms with Crippen LogP contribution in [0.5, 0.6) is 17.2 Å². The van der Waals surface area contributed by atoms with Crippen molar-refractivity contribution in [3.8, 4) is 17.2 Å². The molecule has 172 valence electrons. The molecule has 3 amide bonds. The highest BCUT2D eigenvalue weighted by molar-refractivity contribution is 6.25. The fourth-order valence-corrected chi connectivity index (χ4v) is 3.72. The van der Waals surface area contributed by atoms with Gasteiger partial charge < -0.3 is 19.5 Å². The van der Waals surface area contributed by atoms with Gasteiger partial charge >= 0.3 is 0 Å². The summed E-state index contributed by atoms with van der Waals surface area (Å²) in [5, 5.41) is 11.8. The third-order valence-corrected chi connectivity index (χ3v) is 5.24. The second-order valence-electron chi connectivity index (χ2n) is 7.25. The van der Waals surface area contributed by atoms with Crippen LogP contribution in [0, 0.1) is 0 Å². The number of benzene rings is 2. The van der Waals surface area contributed by atoms with Gasteiger partial charge in [-0.15, -0.1) is 0 Å². The third-order valence-electron chi connectivity index (χ3n) is 5.24. The molecule has 2 heterocycles. The monoisotopic (exact) mass is 453 g/mol. The van der Waals surface area contributed by atoms with Crippen molar-refractivity contribution in [1.82, 2.24) is 5.01 Å². The van der Waals surface area contributed by atoms with Crippen LogP contribution >= 0.6 is 0 Å². The molecule has 0 unspecified atom stereocenters. The third kappa shape index (κ3) is 4.16. The Morgan fingerprint density at radius 2 is 1.76 bits per heavy atom. The number of imide groups is 1. The molecule has 1 fully saturated rings. The van der Waals surface area contributed by atoms with E-state index in [1.807, 2.05) is 6.92 Å². The molecule has 0 spiro atoms. The zero-order valence-electron chi connectivity index (χ0n) is 18.3. The van der Waals surface area contributed by atoms with Gasteiger partial charge in [0.25, 0.3) is 11.8 Å². The molecule has 1 N–H and O–H groups in total. The quantitative estimate of drug-likeness (QED) is 0.607. The van der Waals surface area contributed by atoms with Crippen molar-refractivity contribution in [3.63, 3.8) is 0 Å². The van der Waals surface area contributed by atoms with E-state index < -0.39 is 29.8 Å². The first-order chi connectivity index (χ1) is 16.0. The van der Waals surface area contributed by atoms with Gasteiger partial charge in [-0.2, -0.15) is 5.11 Å². The highest BCUT2D eigenvalue weighted by Crippen LogP contribution is 2.36. The summed E-state index contributed by atoms with van der Waals surface area (Å²) in [6, 6.07) is 9.62. The molecule has 2 aliphatic heterocycles. The largest absolute Gasteiger partial charge is 0.494 e. The lowest BCUT2D eigenvalue weighted by molar-refractivity contribution is -0.123. The summed E-state index contributed by atoms with van der Waals surface area (Å²) >= 11 is 0. The molecule has 2 aliphatic rings. The number of carbonyl (C=O) groups excluding carboxylic acids is 3. The van der Waals surface area contributed by atoms with Crippen LogP contribution in [0.25, 0.3) is 0 Å². The van der Waals surface area contributed by atoms with Gasteiger partial charge in [0.2, 0.25) is 5.91 Å². The van der Waals surface area contributed by atoms with E-state index in [9.17, 15) is 14.4 Å². The van der Waals surface area contributed by atoms with Crippen molar-refractivity contribution in [2.24, 2.45) is 10.3 Å². The summed E-state index contributed by atoms with van der Waals surface area (Å²) in [5.41, 5.74) is 0.892. The number of rotatable bonds is 8. The summed E-state index contributed by atoms with van der Waals surface area (Å²) in [6.07, 6.45) is 0. The second kappa shape index (κ2) is 9.15. The van der Waals surface area contributed by atoms with Crippen LogP contribution in [0.1, 0.15) is 6.92 Å². The number of methoxy groups -OCH3 is 2. The Hall–Kier alpha value is -4.15. The zero-order chi connectivity index (χ0) is 23.5. The highest BCUT2D eigenvalue weighted by Gasteiger charge is 2.55. The number of nitrogens with zero attached hydrogens (tertiary/aromatic N) is 4. The van der Waals surface area contributed by atoms with Gasteiger partial charge in [0.15, 0.2) is 23.6 Å². The van der Waals surface area contributed by atoms with Gasteiger partial charge in [0, 0.05) is 11.8 Å². The first kappa shape index (κ1) is 22.1. The fourth-order valence-electron chi connectivity index (χ4n) is 3.72. The Labute approximate surface area is 189 Å². The van der Waals surface area contributed by atoms with E-state index in [-0.39, 0.29) is 6.54 Å². The maximum Gasteiger partial charge on any atom is 0.263 e. The molecule has 0 radical (unpaired) electrons. The molecule has 0 aromatic heterocycles. The number of anilines is 2. The Balaban J connectivity index is 1.46. The van der Waals surface area contributed by atoms with Gasteiger partial charge in [-0.1, -0.05) is 5.22 Å². The molecule has 2 aromatic rings. The van der Waals surface area contributed by atoms with Crippen molar-refractivity contribution in [2.45, 2.75) is 19.0 Å². The van der Waals surface area contributed by atoms with E-state index in [4.69, 9.17) is 14.2 Å². The van der Waals surface area contributed by atoms with Crippen LogP contribution in [0.15, 0.2) is 52.8 Å². The Morgan fingerprint density at radius 3 is 2.42 bits per heavy atom. The van der Waals surface area contributed by atoms with Crippen molar-refractivity contribution in [3.05, 3.63) is 42.5 Å². The highest BCUT2D eigenvalue weighted by atomic mass is 16.5. The number of carbonyl (C=O) groups is 3. The number of hydrogen-bond donors (Lipinski definition) is 1. The zero-order valence-corrected chi connectivity index (χ0v) is 18.3. The second-order valence-corrected chi connectivity index (χ2v) is 7.25. The van der Waals surface area contributed by atoms with Crippen LogP contribution in [-0.4, -0.2) is 62.2 Å². The minimum Gasteiger partial charge on any atom is -0.494 e. The summed E-state index contributed by atoms with van der Waals surface area (Å²) in [5.74, 6) is 0.0979. The molecular weight excluding hydrogens is 430 g/mol. The lowest BCUT2D eigenvalue weighted by Crippen LogP contribution is -2.43. The maximum absolute atomic E-state index is 13.1. The van der Waals surface area contributed by atoms with Crippen molar-refractivity contribution in [2.75, 3.05) is 37.6 Å². The minimum atomic E-state index is -1.01. The maximum atomic E-state index is 13.1. The van der Waals surface area contributed by atoms with E-state index in [2.05, 4.69) is 15.7 Å². The number of fused-ring (bicyclic) bond motifs is 1. The molecule has 2 atom stereocenters. The topological polar surface area (TPSA) is 122 Å². The number of amides is 3. The molecule has 11 heteroatoms. The number of ether oxygens (including phenoxy) is 3. The Kier molecular flexibility index (Phi) is 6.11. The van der Waals surface area contributed by atoms with Crippen LogP contribution < -0.4 is 24.4 Å². The predicted octanol–water partition coefficient (Wildman–Crippen LogP) is 2.03. The predicted molar refractivity (Wildman–Crippen MR) is 117 cm³/mol. The van der Waals surface area contributed by atoms with E-state index in [0.717, 1.165) is 4.90 Å². The van der Waals surface area contributed by atoms with E-state index in [0.29, 0.717) is 35.2 Å². The summed E-state index contributed by atoms with van der Waals surface area (Å²) < 4.78 is 15.8. The normalized spacial score (nSPS) is 19.0. The van der Waals surface area contributed by atoms with E-state index in [1.165, 1.54) is 25.3 Å². The molecule has 2 aromatic carbocycles. The van der Waals surface area contributed by atoms with Crippen LogP contribution in [-0.2, 0) is 14.4 Å². The summed E-state index contributed by atoms with van der Waals surface area (Å²) in [6.45, 7) is 2.19. The van der Waals surface area contributed by atoms with Crippen LogP contribution in [0.3, 0.4) is 0 Å². The number of nitrogens with one attached hydrogen (secondary N) is 1. The minimum absolute atomic E-state index is 0.239. The van der Waals surface area contributed by atoms with E-state index >= 15 is 0 Å². The molecule has 33 heavy (non-hydrogen) atoms. The van der Waals surface area contributed by atoms with Gasteiger partial charge in [-0.05, 0) is 43.3 Å².